The predicted molar refractivity (Wildman–Crippen MR) is 68.2 cm³/mol. The van der Waals surface area contributed by atoms with Gasteiger partial charge in [0.1, 0.15) is 5.75 Å². The third-order valence-electron chi connectivity index (χ3n) is 2.12. The Bertz CT molecular complexity index is 377. The van der Waals surface area contributed by atoms with Gasteiger partial charge in [0.25, 0.3) is 0 Å². The standard InChI is InChI=1S/C11H18N4O2/c1-17-10-5-3-2-4-9(10)14-6-8(16)7-15-11(12)13/h2-5,8,14,16H,6-7H2,1H3,(H4,12,13,15). The van der Waals surface area contributed by atoms with Crippen molar-refractivity contribution >= 4 is 11.6 Å². The van der Waals surface area contributed by atoms with Gasteiger partial charge in [-0.25, -0.2) is 0 Å². The number of guanidine groups is 1. The molecular formula is C11H18N4O2. The van der Waals surface area contributed by atoms with Gasteiger partial charge in [0, 0.05) is 6.54 Å². The van der Waals surface area contributed by atoms with Crippen LogP contribution in [0.2, 0.25) is 0 Å². The highest BCUT2D eigenvalue weighted by atomic mass is 16.5. The normalized spacial score (nSPS) is 11.6. The van der Waals surface area contributed by atoms with Gasteiger partial charge in [-0.3, -0.25) is 4.99 Å². The van der Waals surface area contributed by atoms with E-state index < -0.39 is 6.10 Å². The zero-order valence-electron chi connectivity index (χ0n) is 9.76. The van der Waals surface area contributed by atoms with Crippen LogP contribution in [0, 0.1) is 0 Å². The first-order valence-corrected chi connectivity index (χ1v) is 5.24. The van der Waals surface area contributed by atoms with Crippen molar-refractivity contribution in [3.8, 4) is 5.75 Å². The molecule has 0 saturated heterocycles. The lowest BCUT2D eigenvalue weighted by Crippen LogP contribution is -2.28. The number of nitrogens with two attached hydrogens (primary N) is 2. The minimum Gasteiger partial charge on any atom is -0.495 e. The Morgan fingerprint density at radius 1 is 1.47 bits per heavy atom. The van der Waals surface area contributed by atoms with E-state index in [9.17, 15) is 5.11 Å². The second kappa shape index (κ2) is 6.59. The van der Waals surface area contributed by atoms with Gasteiger partial charge in [-0.2, -0.15) is 0 Å². The molecule has 1 aromatic rings. The Hall–Kier alpha value is -1.95. The summed E-state index contributed by atoms with van der Waals surface area (Å²) in [6.07, 6.45) is -0.651. The number of para-hydroxylation sites is 2. The number of methoxy groups -OCH3 is 1. The molecule has 0 amide bonds. The fourth-order valence-electron chi connectivity index (χ4n) is 1.29. The maximum absolute atomic E-state index is 9.60. The van der Waals surface area contributed by atoms with Crippen LogP contribution in [0.4, 0.5) is 5.69 Å². The monoisotopic (exact) mass is 238 g/mol. The SMILES string of the molecule is COc1ccccc1NCC(O)CN=C(N)N. The average Bonchev–Trinajstić information content (AvgIpc) is 2.34. The van der Waals surface area contributed by atoms with Gasteiger partial charge in [0.05, 0.1) is 25.4 Å². The molecule has 0 aliphatic carbocycles. The molecule has 1 aromatic carbocycles. The van der Waals surface area contributed by atoms with Crippen molar-refractivity contribution in [3.63, 3.8) is 0 Å². The average molecular weight is 238 g/mol. The van der Waals surface area contributed by atoms with Gasteiger partial charge < -0.3 is 26.6 Å². The zero-order valence-corrected chi connectivity index (χ0v) is 9.76. The van der Waals surface area contributed by atoms with Crippen molar-refractivity contribution in [1.29, 1.82) is 0 Å². The number of anilines is 1. The quantitative estimate of drug-likeness (QED) is 0.403. The third-order valence-corrected chi connectivity index (χ3v) is 2.12. The lowest BCUT2D eigenvalue weighted by Gasteiger charge is -2.13. The smallest absolute Gasteiger partial charge is 0.185 e. The molecule has 1 atom stereocenters. The van der Waals surface area contributed by atoms with E-state index in [4.69, 9.17) is 16.2 Å². The zero-order chi connectivity index (χ0) is 12.7. The number of hydrogen-bond donors (Lipinski definition) is 4. The Balaban J connectivity index is 2.47. The Labute approximate surface area is 100 Å². The summed E-state index contributed by atoms with van der Waals surface area (Å²) in [5, 5.41) is 12.7. The first kappa shape index (κ1) is 13.1. The van der Waals surface area contributed by atoms with Crippen LogP contribution < -0.4 is 21.5 Å². The highest BCUT2D eigenvalue weighted by molar-refractivity contribution is 5.75. The van der Waals surface area contributed by atoms with Gasteiger partial charge in [-0.1, -0.05) is 12.1 Å². The fraction of sp³-hybridized carbons (Fsp3) is 0.364. The fourth-order valence-corrected chi connectivity index (χ4v) is 1.29. The van der Waals surface area contributed by atoms with Crippen LogP contribution in [0.15, 0.2) is 29.3 Å². The molecular weight excluding hydrogens is 220 g/mol. The van der Waals surface area contributed by atoms with E-state index in [0.717, 1.165) is 11.4 Å². The first-order chi connectivity index (χ1) is 8.13. The highest BCUT2D eigenvalue weighted by Crippen LogP contribution is 2.22. The summed E-state index contributed by atoms with van der Waals surface area (Å²) in [6.45, 7) is 0.516. The second-order valence-electron chi connectivity index (χ2n) is 3.50. The summed E-state index contributed by atoms with van der Waals surface area (Å²) in [7, 11) is 1.59. The number of nitrogens with one attached hydrogen (secondary N) is 1. The van der Waals surface area contributed by atoms with Gasteiger partial charge in [-0.15, -0.1) is 0 Å². The predicted octanol–water partition coefficient (Wildman–Crippen LogP) is -0.259. The molecule has 0 bridgehead atoms. The molecule has 1 rings (SSSR count). The van der Waals surface area contributed by atoms with E-state index in [-0.39, 0.29) is 12.5 Å². The van der Waals surface area contributed by atoms with Crippen LogP contribution in [0.1, 0.15) is 0 Å². The molecule has 0 aliphatic rings. The van der Waals surface area contributed by atoms with E-state index in [0.29, 0.717) is 6.54 Å². The molecule has 0 saturated carbocycles. The molecule has 0 heterocycles. The number of hydrogen-bond acceptors (Lipinski definition) is 4. The maximum atomic E-state index is 9.60. The van der Waals surface area contributed by atoms with Gasteiger partial charge >= 0.3 is 0 Å². The number of aliphatic imine (C=N–C) groups is 1. The minimum absolute atomic E-state index is 0.0265. The molecule has 0 spiro atoms. The van der Waals surface area contributed by atoms with Gasteiger partial charge in [0.2, 0.25) is 0 Å². The van der Waals surface area contributed by atoms with E-state index in [2.05, 4.69) is 10.3 Å². The second-order valence-corrected chi connectivity index (χ2v) is 3.50. The van der Waals surface area contributed by atoms with Crippen LogP contribution in [-0.4, -0.2) is 37.4 Å². The van der Waals surface area contributed by atoms with Gasteiger partial charge in [-0.05, 0) is 12.1 Å². The number of rotatable bonds is 6. The van der Waals surface area contributed by atoms with E-state index >= 15 is 0 Å². The van der Waals surface area contributed by atoms with Crippen molar-refractivity contribution in [3.05, 3.63) is 24.3 Å². The molecule has 94 valence electrons. The van der Waals surface area contributed by atoms with E-state index in [1.54, 1.807) is 7.11 Å². The number of aliphatic hydroxyl groups excluding tert-OH is 1. The number of benzene rings is 1. The van der Waals surface area contributed by atoms with Crippen molar-refractivity contribution in [2.24, 2.45) is 16.5 Å². The maximum Gasteiger partial charge on any atom is 0.185 e. The van der Waals surface area contributed by atoms with Crippen molar-refractivity contribution in [1.82, 2.24) is 0 Å². The van der Waals surface area contributed by atoms with Crippen LogP contribution in [0.5, 0.6) is 5.75 Å². The summed E-state index contributed by atoms with van der Waals surface area (Å²) in [5.74, 6) is 0.697. The van der Waals surface area contributed by atoms with E-state index in [1.807, 2.05) is 24.3 Å². The topological polar surface area (TPSA) is 106 Å². The summed E-state index contributed by atoms with van der Waals surface area (Å²) in [5.41, 5.74) is 11.2. The molecule has 0 fully saturated rings. The highest BCUT2D eigenvalue weighted by Gasteiger charge is 2.05. The Kier molecular flexibility index (Phi) is 5.09. The molecule has 0 radical (unpaired) electrons. The Morgan fingerprint density at radius 3 is 2.82 bits per heavy atom. The number of ether oxygens (including phenoxy) is 1. The van der Waals surface area contributed by atoms with Crippen molar-refractivity contribution < 1.29 is 9.84 Å². The molecule has 6 heteroatoms. The van der Waals surface area contributed by atoms with Crippen LogP contribution >= 0.6 is 0 Å². The summed E-state index contributed by atoms with van der Waals surface area (Å²) < 4.78 is 5.16. The molecule has 17 heavy (non-hydrogen) atoms. The number of aliphatic hydroxyl groups is 1. The van der Waals surface area contributed by atoms with Crippen molar-refractivity contribution in [2.75, 3.05) is 25.5 Å². The first-order valence-electron chi connectivity index (χ1n) is 5.24. The summed E-state index contributed by atoms with van der Waals surface area (Å²) in [6, 6.07) is 7.46. The lowest BCUT2D eigenvalue weighted by atomic mass is 10.2. The molecule has 0 aromatic heterocycles. The van der Waals surface area contributed by atoms with Crippen LogP contribution in [0.3, 0.4) is 0 Å². The van der Waals surface area contributed by atoms with Crippen LogP contribution in [0.25, 0.3) is 0 Å². The third kappa shape index (κ3) is 4.60. The minimum atomic E-state index is -0.651. The van der Waals surface area contributed by atoms with Gasteiger partial charge in [0.15, 0.2) is 5.96 Å². The number of nitrogens with zero attached hydrogens (tertiary/aromatic N) is 1. The molecule has 6 nitrogen and oxygen atoms in total. The molecule has 6 N–H and O–H groups in total. The van der Waals surface area contributed by atoms with Crippen LogP contribution in [-0.2, 0) is 0 Å². The largest absolute Gasteiger partial charge is 0.495 e. The summed E-state index contributed by atoms with van der Waals surface area (Å²) >= 11 is 0. The Morgan fingerprint density at radius 2 is 2.18 bits per heavy atom. The van der Waals surface area contributed by atoms with Crippen molar-refractivity contribution in [2.45, 2.75) is 6.10 Å². The molecule has 1 unspecified atom stereocenters. The van der Waals surface area contributed by atoms with E-state index in [1.165, 1.54) is 0 Å². The molecule has 0 aliphatic heterocycles. The summed E-state index contributed by atoms with van der Waals surface area (Å²) in [4.78, 5) is 3.73. The lowest BCUT2D eigenvalue weighted by molar-refractivity contribution is 0.196.